The number of nitrogens with zero attached hydrogens (tertiary/aromatic N) is 2. The Balaban J connectivity index is 2.24. The van der Waals surface area contributed by atoms with E-state index in [1.54, 1.807) is 0 Å². The van der Waals surface area contributed by atoms with Gasteiger partial charge in [-0.05, 0) is 17.7 Å². The van der Waals surface area contributed by atoms with Gasteiger partial charge in [0.1, 0.15) is 11.6 Å². The van der Waals surface area contributed by atoms with Crippen LogP contribution in [0.25, 0.3) is 0 Å². The number of alkyl halides is 3. The summed E-state index contributed by atoms with van der Waals surface area (Å²) in [6.07, 6.45) is -4.85. The van der Waals surface area contributed by atoms with E-state index in [1.165, 1.54) is 24.3 Å². The molecule has 0 aliphatic carbocycles. The van der Waals surface area contributed by atoms with Gasteiger partial charge in [-0.2, -0.15) is 18.4 Å². The van der Waals surface area contributed by atoms with Crippen LogP contribution in [0.5, 0.6) is 0 Å². The molecule has 0 unspecified atom stereocenters. The molecule has 0 atom stereocenters. The molecule has 0 spiro atoms. The average molecular weight is 357 g/mol. The lowest BCUT2D eigenvalue weighted by molar-refractivity contribution is -0.141. The Kier molecular flexibility index (Phi) is 4.75. The van der Waals surface area contributed by atoms with Crippen LogP contribution in [0.4, 0.5) is 13.2 Å². The highest BCUT2D eigenvalue weighted by atomic mass is 32.2. The Morgan fingerprint density at radius 2 is 1.79 bits per heavy atom. The summed E-state index contributed by atoms with van der Waals surface area (Å²) < 4.78 is 62.0. The Hall–Kier alpha value is -2.67. The first kappa shape index (κ1) is 17.7. The fraction of sp³-hybridized carbons (Fsp3) is 0.214. The molecule has 2 aromatic rings. The van der Waals surface area contributed by atoms with E-state index in [1.807, 2.05) is 11.1 Å². The number of nitriles is 1. The van der Waals surface area contributed by atoms with Gasteiger partial charge in [-0.1, -0.05) is 12.1 Å². The van der Waals surface area contributed by atoms with Gasteiger partial charge in [-0.3, -0.25) is 4.79 Å². The van der Waals surface area contributed by atoms with Gasteiger partial charge in [-0.25, -0.2) is 13.4 Å². The number of halogens is 3. The van der Waals surface area contributed by atoms with E-state index in [2.05, 4.69) is 4.98 Å². The first-order chi connectivity index (χ1) is 11.1. The van der Waals surface area contributed by atoms with Crippen molar-refractivity contribution in [1.29, 1.82) is 5.26 Å². The number of sulfone groups is 1. The smallest absolute Gasteiger partial charge is 0.310 e. The minimum Gasteiger partial charge on any atom is -0.310 e. The highest BCUT2D eigenvalue weighted by Crippen LogP contribution is 2.26. The van der Waals surface area contributed by atoms with Crippen LogP contribution in [0.3, 0.4) is 0 Å². The molecule has 0 amide bonds. The first-order valence-electron chi connectivity index (χ1n) is 6.46. The van der Waals surface area contributed by atoms with Crippen LogP contribution < -0.4 is 5.56 Å². The van der Waals surface area contributed by atoms with Crippen LogP contribution in [0.2, 0.25) is 0 Å². The average Bonchev–Trinajstić information content (AvgIpc) is 2.45. The SMILES string of the molecule is N#Cc1ccc(CS(=O)(=O)Cc2nc(C(F)(F)F)cc(=O)[nH]2)cc1. The van der Waals surface area contributed by atoms with E-state index in [9.17, 15) is 26.4 Å². The molecule has 10 heteroatoms. The summed E-state index contributed by atoms with van der Waals surface area (Å²) in [5.74, 6) is -1.88. The van der Waals surface area contributed by atoms with Crippen molar-refractivity contribution in [3.8, 4) is 6.07 Å². The molecule has 0 saturated carbocycles. The van der Waals surface area contributed by atoms with E-state index in [-0.39, 0.29) is 6.07 Å². The minimum atomic E-state index is -4.85. The lowest BCUT2D eigenvalue weighted by Crippen LogP contribution is -2.20. The Morgan fingerprint density at radius 1 is 1.17 bits per heavy atom. The second-order valence-electron chi connectivity index (χ2n) is 4.92. The second-order valence-corrected chi connectivity index (χ2v) is 6.98. The number of H-pyrrole nitrogens is 1. The highest BCUT2D eigenvalue weighted by Gasteiger charge is 2.33. The summed E-state index contributed by atoms with van der Waals surface area (Å²) >= 11 is 0. The van der Waals surface area contributed by atoms with Gasteiger partial charge in [0, 0.05) is 6.07 Å². The number of nitrogens with one attached hydrogen (secondary N) is 1. The maximum absolute atomic E-state index is 12.6. The van der Waals surface area contributed by atoms with Gasteiger partial charge in [-0.15, -0.1) is 0 Å². The molecule has 24 heavy (non-hydrogen) atoms. The van der Waals surface area contributed by atoms with E-state index in [0.29, 0.717) is 11.1 Å². The van der Waals surface area contributed by atoms with Gasteiger partial charge in [0.15, 0.2) is 15.5 Å². The molecular weight excluding hydrogens is 347 g/mol. The number of aromatic amines is 1. The molecule has 6 nitrogen and oxygen atoms in total. The van der Waals surface area contributed by atoms with Gasteiger partial charge in [0.25, 0.3) is 5.56 Å². The summed E-state index contributed by atoms with van der Waals surface area (Å²) in [7, 11) is -3.87. The fourth-order valence-electron chi connectivity index (χ4n) is 1.91. The Morgan fingerprint density at radius 3 is 2.33 bits per heavy atom. The quantitative estimate of drug-likeness (QED) is 0.898. The number of hydrogen-bond acceptors (Lipinski definition) is 5. The predicted octanol–water partition coefficient (Wildman–Crippen LogP) is 1.78. The van der Waals surface area contributed by atoms with Crippen LogP contribution in [-0.2, 0) is 27.5 Å². The zero-order chi connectivity index (χ0) is 18.0. The molecule has 126 valence electrons. The number of aromatic nitrogens is 2. The van der Waals surface area contributed by atoms with Crippen molar-refractivity contribution in [3.63, 3.8) is 0 Å². The predicted molar refractivity (Wildman–Crippen MR) is 77.3 cm³/mol. The van der Waals surface area contributed by atoms with Crippen molar-refractivity contribution >= 4 is 9.84 Å². The van der Waals surface area contributed by atoms with Crippen molar-refractivity contribution in [3.05, 3.63) is 63.3 Å². The van der Waals surface area contributed by atoms with E-state index >= 15 is 0 Å². The van der Waals surface area contributed by atoms with Gasteiger partial charge in [0.2, 0.25) is 0 Å². The topological polar surface area (TPSA) is 104 Å². The highest BCUT2D eigenvalue weighted by molar-refractivity contribution is 7.89. The van der Waals surface area contributed by atoms with Crippen LogP contribution in [0.1, 0.15) is 22.6 Å². The number of hydrogen-bond donors (Lipinski definition) is 1. The third-order valence-corrected chi connectivity index (χ3v) is 4.39. The molecule has 0 fully saturated rings. The number of benzene rings is 1. The maximum Gasteiger partial charge on any atom is 0.433 e. The molecule has 0 aliphatic heterocycles. The third-order valence-electron chi connectivity index (χ3n) is 2.91. The van der Waals surface area contributed by atoms with Gasteiger partial charge >= 0.3 is 6.18 Å². The largest absolute Gasteiger partial charge is 0.433 e. The maximum atomic E-state index is 12.6. The molecule has 1 aromatic carbocycles. The summed E-state index contributed by atoms with van der Waals surface area (Å²) in [6, 6.07) is 7.85. The molecule has 1 aromatic heterocycles. The lowest BCUT2D eigenvalue weighted by atomic mass is 10.2. The van der Waals surface area contributed by atoms with Crippen molar-refractivity contribution in [2.45, 2.75) is 17.7 Å². The van der Waals surface area contributed by atoms with Crippen LogP contribution >= 0.6 is 0 Å². The number of rotatable bonds is 4. The van der Waals surface area contributed by atoms with Crippen molar-refractivity contribution in [2.24, 2.45) is 0 Å². The standard InChI is InChI=1S/C14H10F3N3O3S/c15-14(16,17)11-5-13(21)20-12(19-11)8-24(22,23)7-10-3-1-9(6-18)2-4-10/h1-5H,7-8H2,(H,19,20,21). The molecule has 2 rings (SSSR count). The second kappa shape index (κ2) is 6.45. The molecule has 1 heterocycles. The molecule has 0 bridgehead atoms. The summed E-state index contributed by atoms with van der Waals surface area (Å²) in [5.41, 5.74) is -1.82. The molecule has 0 radical (unpaired) electrons. The fourth-order valence-corrected chi connectivity index (χ4v) is 3.27. The summed E-state index contributed by atoms with van der Waals surface area (Å²) in [4.78, 5) is 16.4. The van der Waals surface area contributed by atoms with Crippen LogP contribution in [0, 0.1) is 11.3 Å². The zero-order valence-corrected chi connectivity index (χ0v) is 12.8. The Bertz CT molecular complexity index is 942. The first-order valence-corrected chi connectivity index (χ1v) is 8.28. The Labute approximate surface area is 134 Å². The summed E-state index contributed by atoms with van der Waals surface area (Å²) in [5, 5.41) is 8.67. The monoisotopic (exact) mass is 357 g/mol. The van der Waals surface area contributed by atoms with Crippen LogP contribution in [0.15, 0.2) is 35.1 Å². The van der Waals surface area contributed by atoms with E-state index in [4.69, 9.17) is 5.26 Å². The van der Waals surface area contributed by atoms with E-state index in [0.717, 1.165) is 0 Å². The molecular formula is C14H10F3N3O3S. The lowest BCUT2D eigenvalue weighted by Gasteiger charge is -2.08. The van der Waals surface area contributed by atoms with Crippen molar-refractivity contribution < 1.29 is 21.6 Å². The molecule has 1 N–H and O–H groups in total. The van der Waals surface area contributed by atoms with Crippen molar-refractivity contribution in [1.82, 2.24) is 9.97 Å². The third kappa shape index (κ3) is 4.66. The van der Waals surface area contributed by atoms with Gasteiger partial charge in [0.05, 0.1) is 17.4 Å². The zero-order valence-electron chi connectivity index (χ0n) is 12.0. The van der Waals surface area contributed by atoms with Crippen LogP contribution in [-0.4, -0.2) is 18.4 Å². The van der Waals surface area contributed by atoms with Gasteiger partial charge < -0.3 is 4.98 Å². The normalized spacial score (nSPS) is 11.9. The van der Waals surface area contributed by atoms with Crippen molar-refractivity contribution in [2.75, 3.05) is 0 Å². The molecule has 0 aliphatic rings. The summed E-state index contributed by atoms with van der Waals surface area (Å²) in [6.45, 7) is 0. The van der Waals surface area contributed by atoms with E-state index < -0.39 is 44.6 Å². The minimum absolute atomic E-state index is 0.261. The molecule has 0 saturated heterocycles.